The Labute approximate surface area is 107 Å². The summed E-state index contributed by atoms with van der Waals surface area (Å²) >= 11 is 0. The number of rotatable bonds is 7. The van der Waals surface area contributed by atoms with E-state index in [1.165, 1.54) is 0 Å². The molecule has 1 aromatic rings. The molecule has 0 saturated heterocycles. The summed E-state index contributed by atoms with van der Waals surface area (Å²) in [5, 5.41) is 8.66. The van der Waals surface area contributed by atoms with Crippen LogP contribution in [0.3, 0.4) is 0 Å². The van der Waals surface area contributed by atoms with Crippen LogP contribution < -0.4 is 9.47 Å². The van der Waals surface area contributed by atoms with Crippen molar-refractivity contribution in [3.63, 3.8) is 0 Å². The zero-order valence-corrected chi connectivity index (χ0v) is 10.5. The third-order valence-electron chi connectivity index (χ3n) is 2.93. The summed E-state index contributed by atoms with van der Waals surface area (Å²) in [7, 11) is 1.62. The van der Waals surface area contributed by atoms with Gasteiger partial charge in [0.2, 0.25) is 0 Å². The third-order valence-corrected chi connectivity index (χ3v) is 2.93. The highest BCUT2D eigenvalue weighted by Gasteiger charge is 2.26. The topological polar surface area (TPSA) is 55.8 Å². The molecule has 0 heterocycles. The van der Waals surface area contributed by atoms with Crippen molar-refractivity contribution in [2.75, 3.05) is 7.11 Å². The second-order valence-corrected chi connectivity index (χ2v) is 4.51. The largest absolute Gasteiger partial charge is 0.493 e. The molecular formula is C14H18O4. The highest BCUT2D eigenvalue weighted by atomic mass is 16.5. The Kier molecular flexibility index (Phi) is 4.07. The first-order valence-electron chi connectivity index (χ1n) is 6.25. The van der Waals surface area contributed by atoms with Gasteiger partial charge < -0.3 is 14.6 Å². The molecule has 0 amide bonds. The van der Waals surface area contributed by atoms with Crippen molar-refractivity contribution in [1.29, 1.82) is 0 Å². The molecular weight excluding hydrogens is 232 g/mol. The van der Waals surface area contributed by atoms with E-state index in [2.05, 4.69) is 0 Å². The van der Waals surface area contributed by atoms with Crippen molar-refractivity contribution in [2.45, 2.75) is 38.2 Å². The van der Waals surface area contributed by atoms with Crippen LogP contribution >= 0.6 is 0 Å². The number of para-hydroxylation sites is 1. The average molecular weight is 250 g/mol. The molecule has 0 spiro atoms. The second kappa shape index (κ2) is 5.76. The average Bonchev–Trinajstić information content (AvgIpc) is 3.14. The van der Waals surface area contributed by atoms with Crippen molar-refractivity contribution >= 4 is 5.97 Å². The Morgan fingerprint density at radius 1 is 1.44 bits per heavy atom. The highest BCUT2D eigenvalue weighted by Crippen LogP contribution is 2.37. The third kappa shape index (κ3) is 3.39. The monoisotopic (exact) mass is 250 g/mol. The first-order chi connectivity index (χ1) is 8.70. The maximum Gasteiger partial charge on any atom is 0.303 e. The Bertz CT molecular complexity index is 424. The zero-order valence-electron chi connectivity index (χ0n) is 10.5. The SMILES string of the molecule is COc1cccc(CCCC(=O)O)c1OC1CC1. The number of carboxylic acids is 1. The van der Waals surface area contributed by atoms with Crippen molar-refractivity contribution in [2.24, 2.45) is 0 Å². The maximum absolute atomic E-state index is 10.5. The van der Waals surface area contributed by atoms with Crippen LogP contribution in [0.1, 0.15) is 31.2 Å². The quantitative estimate of drug-likeness (QED) is 0.808. The number of hydrogen-bond donors (Lipinski definition) is 1. The fourth-order valence-electron chi connectivity index (χ4n) is 1.84. The van der Waals surface area contributed by atoms with E-state index in [1.807, 2.05) is 18.2 Å². The van der Waals surface area contributed by atoms with E-state index in [0.29, 0.717) is 18.9 Å². The first-order valence-corrected chi connectivity index (χ1v) is 6.25. The van der Waals surface area contributed by atoms with E-state index in [-0.39, 0.29) is 6.42 Å². The minimum Gasteiger partial charge on any atom is -0.493 e. The normalized spacial score (nSPS) is 14.3. The van der Waals surface area contributed by atoms with Gasteiger partial charge in [0.25, 0.3) is 0 Å². The molecule has 1 saturated carbocycles. The van der Waals surface area contributed by atoms with Crippen LogP contribution in [0.25, 0.3) is 0 Å². The van der Waals surface area contributed by atoms with Gasteiger partial charge in [-0.3, -0.25) is 4.79 Å². The summed E-state index contributed by atoms with van der Waals surface area (Å²) in [5.41, 5.74) is 1.03. The van der Waals surface area contributed by atoms with E-state index >= 15 is 0 Å². The number of aryl methyl sites for hydroxylation is 1. The summed E-state index contributed by atoms with van der Waals surface area (Å²) in [6.45, 7) is 0. The van der Waals surface area contributed by atoms with Crippen LogP contribution in [0.2, 0.25) is 0 Å². The van der Waals surface area contributed by atoms with Crippen LogP contribution in [-0.4, -0.2) is 24.3 Å². The van der Waals surface area contributed by atoms with Crippen LogP contribution in [0, 0.1) is 0 Å². The van der Waals surface area contributed by atoms with Gasteiger partial charge in [0.05, 0.1) is 13.2 Å². The number of methoxy groups -OCH3 is 1. The van der Waals surface area contributed by atoms with Gasteiger partial charge in [-0.2, -0.15) is 0 Å². The molecule has 2 rings (SSSR count). The Hall–Kier alpha value is -1.71. The molecule has 98 valence electrons. The van der Waals surface area contributed by atoms with Gasteiger partial charge in [-0.15, -0.1) is 0 Å². The van der Waals surface area contributed by atoms with Crippen LogP contribution in [-0.2, 0) is 11.2 Å². The molecule has 0 radical (unpaired) electrons. The highest BCUT2D eigenvalue weighted by molar-refractivity contribution is 5.66. The minimum atomic E-state index is -0.762. The first kappa shape index (κ1) is 12.7. The van der Waals surface area contributed by atoms with Gasteiger partial charge in [0, 0.05) is 6.42 Å². The molecule has 0 aromatic heterocycles. The lowest BCUT2D eigenvalue weighted by molar-refractivity contribution is -0.137. The number of hydrogen-bond acceptors (Lipinski definition) is 3. The number of carbonyl (C=O) groups is 1. The zero-order chi connectivity index (χ0) is 13.0. The van der Waals surface area contributed by atoms with Crippen LogP contribution in [0.15, 0.2) is 18.2 Å². The van der Waals surface area contributed by atoms with E-state index < -0.39 is 5.97 Å². The van der Waals surface area contributed by atoms with Gasteiger partial charge in [0.1, 0.15) is 0 Å². The summed E-state index contributed by atoms with van der Waals surface area (Å²) in [6.07, 6.45) is 3.98. The number of aliphatic carboxylic acids is 1. The molecule has 1 N–H and O–H groups in total. The summed E-state index contributed by atoms with van der Waals surface area (Å²) in [5.74, 6) is 0.755. The lowest BCUT2D eigenvalue weighted by Gasteiger charge is -2.14. The van der Waals surface area contributed by atoms with E-state index in [1.54, 1.807) is 7.11 Å². The van der Waals surface area contributed by atoms with Crippen molar-refractivity contribution in [1.82, 2.24) is 0 Å². The summed E-state index contributed by atoms with van der Waals surface area (Å²) < 4.78 is 11.2. The molecule has 1 aromatic carbocycles. The van der Waals surface area contributed by atoms with E-state index in [0.717, 1.165) is 29.9 Å². The molecule has 1 aliphatic rings. The molecule has 18 heavy (non-hydrogen) atoms. The standard InChI is InChI=1S/C14H18O4/c1-17-12-6-2-4-10(5-3-7-13(15)16)14(12)18-11-8-9-11/h2,4,6,11H,3,5,7-9H2,1H3,(H,15,16). The van der Waals surface area contributed by atoms with Gasteiger partial charge >= 0.3 is 5.97 Å². The van der Waals surface area contributed by atoms with Crippen LogP contribution in [0.4, 0.5) is 0 Å². The minimum absolute atomic E-state index is 0.181. The predicted octanol–water partition coefficient (Wildman–Crippen LogP) is 2.64. The molecule has 4 nitrogen and oxygen atoms in total. The molecule has 0 bridgehead atoms. The maximum atomic E-state index is 10.5. The number of ether oxygens (including phenoxy) is 2. The fourth-order valence-corrected chi connectivity index (χ4v) is 1.84. The fraction of sp³-hybridized carbons (Fsp3) is 0.500. The van der Waals surface area contributed by atoms with Gasteiger partial charge in [-0.1, -0.05) is 12.1 Å². The molecule has 0 unspecified atom stereocenters. The molecule has 1 fully saturated rings. The number of benzene rings is 1. The van der Waals surface area contributed by atoms with Crippen molar-refractivity contribution in [3.05, 3.63) is 23.8 Å². The molecule has 1 aliphatic carbocycles. The van der Waals surface area contributed by atoms with E-state index in [9.17, 15) is 4.79 Å². The van der Waals surface area contributed by atoms with Gasteiger partial charge in [0.15, 0.2) is 11.5 Å². The Morgan fingerprint density at radius 3 is 2.83 bits per heavy atom. The van der Waals surface area contributed by atoms with Crippen molar-refractivity contribution < 1.29 is 19.4 Å². The molecule has 0 atom stereocenters. The van der Waals surface area contributed by atoms with Crippen molar-refractivity contribution in [3.8, 4) is 11.5 Å². The molecule has 4 heteroatoms. The Balaban J connectivity index is 2.08. The van der Waals surface area contributed by atoms with Gasteiger partial charge in [-0.25, -0.2) is 0 Å². The van der Waals surface area contributed by atoms with Crippen LogP contribution in [0.5, 0.6) is 11.5 Å². The lowest BCUT2D eigenvalue weighted by atomic mass is 10.1. The number of carboxylic acid groups (broad SMARTS) is 1. The smallest absolute Gasteiger partial charge is 0.303 e. The summed E-state index contributed by atoms with van der Waals surface area (Å²) in [4.78, 5) is 10.5. The second-order valence-electron chi connectivity index (χ2n) is 4.51. The van der Waals surface area contributed by atoms with Gasteiger partial charge in [-0.05, 0) is 37.3 Å². The van der Waals surface area contributed by atoms with E-state index in [4.69, 9.17) is 14.6 Å². The summed E-state index contributed by atoms with van der Waals surface area (Å²) in [6, 6.07) is 5.76. The lowest BCUT2D eigenvalue weighted by Crippen LogP contribution is -2.03. The Morgan fingerprint density at radius 2 is 2.22 bits per heavy atom. The molecule has 0 aliphatic heterocycles. The predicted molar refractivity (Wildman–Crippen MR) is 67.2 cm³/mol.